The Labute approximate surface area is 267 Å². The molecule has 42 heavy (non-hydrogen) atoms. The zero-order valence-electron chi connectivity index (χ0n) is 23.0. The third-order valence-electron chi connectivity index (χ3n) is 6.13. The van der Waals surface area contributed by atoms with Crippen molar-refractivity contribution in [3.8, 4) is 0 Å². The van der Waals surface area contributed by atoms with Crippen molar-refractivity contribution in [3.05, 3.63) is 68.9 Å². The Balaban J connectivity index is 1.16. The van der Waals surface area contributed by atoms with Crippen LogP contribution in [0.25, 0.3) is 21.8 Å². The van der Waals surface area contributed by atoms with E-state index in [1.807, 2.05) is 48.8 Å². The van der Waals surface area contributed by atoms with Gasteiger partial charge in [-0.2, -0.15) is 0 Å². The summed E-state index contributed by atoms with van der Waals surface area (Å²) in [5.41, 5.74) is 4.48. The zero-order chi connectivity index (χ0) is 29.9. The summed E-state index contributed by atoms with van der Waals surface area (Å²) in [5.74, 6) is 0.840. The SMILES string of the molecule is CO/N=C(\Cc1c[nH]c2ccc(Br)cc12)C(=O)NCCSSCCNC(=O)/C(Cc1c[nH]c2ccc(Br)cc12)=N/OC. The molecule has 4 rings (SSSR count). The normalized spacial score (nSPS) is 12.1. The number of rotatable bonds is 15. The predicted molar refractivity (Wildman–Crippen MR) is 179 cm³/mol. The molecule has 0 atom stereocenters. The number of carbonyl (C=O) groups is 2. The third kappa shape index (κ3) is 8.79. The highest BCUT2D eigenvalue weighted by Crippen LogP contribution is 2.25. The average Bonchev–Trinajstić information content (AvgIpc) is 3.56. The minimum Gasteiger partial charge on any atom is -0.399 e. The van der Waals surface area contributed by atoms with Gasteiger partial charge in [-0.05, 0) is 47.5 Å². The molecule has 4 aromatic rings. The number of amides is 2. The van der Waals surface area contributed by atoms with Crippen LogP contribution in [-0.4, -0.2) is 72.0 Å². The first-order valence-corrected chi connectivity index (χ1v) is 17.0. The number of oxime groups is 2. The number of H-pyrrole nitrogens is 2. The summed E-state index contributed by atoms with van der Waals surface area (Å²) in [4.78, 5) is 41.8. The van der Waals surface area contributed by atoms with E-state index in [2.05, 4.69) is 62.8 Å². The van der Waals surface area contributed by atoms with Crippen LogP contribution in [0.15, 0.2) is 68.0 Å². The fraction of sp³-hybridized carbons (Fsp3) is 0.286. The van der Waals surface area contributed by atoms with E-state index in [4.69, 9.17) is 9.68 Å². The van der Waals surface area contributed by atoms with Crippen LogP contribution in [0.1, 0.15) is 11.1 Å². The van der Waals surface area contributed by atoms with Crippen LogP contribution in [0.4, 0.5) is 0 Å². The second-order valence-corrected chi connectivity index (χ2v) is 13.5. The molecule has 0 unspecified atom stereocenters. The number of benzene rings is 2. The Morgan fingerprint density at radius 3 is 1.60 bits per heavy atom. The summed E-state index contributed by atoms with van der Waals surface area (Å²) >= 11 is 6.99. The van der Waals surface area contributed by atoms with Gasteiger partial charge in [0.15, 0.2) is 0 Å². The van der Waals surface area contributed by atoms with Crippen molar-refractivity contribution < 1.29 is 19.3 Å². The minimum absolute atomic E-state index is 0.272. The molecule has 2 aromatic carbocycles. The molecule has 0 fully saturated rings. The number of aromatic nitrogens is 2. The van der Waals surface area contributed by atoms with Gasteiger partial charge >= 0.3 is 0 Å². The smallest absolute Gasteiger partial charge is 0.269 e. The Morgan fingerprint density at radius 2 is 1.19 bits per heavy atom. The van der Waals surface area contributed by atoms with E-state index in [0.29, 0.717) is 48.9 Å². The molecular formula is C28H30Br2N6O4S2. The summed E-state index contributed by atoms with van der Waals surface area (Å²) in [5, 5.41) is 15.8. The number of halogens is 2. The topological polar surface area (TPSA) is 133 Å². The predicted octanol–water partition coefficient (Wildman–Crippen LogP) is 5.58. The molecule has 0 aliphatic carbocycles. The number of hydrogen-bond donors (Lipinski definition) is 4. The van der Waals surface area contributed by atoms with Crippen LogP contribution in [0.5, 0.6) is 0 Å². The van der Waals surface area contributed by atoms with Crippen molar-refractivity contribution in [2.45, 2.75) is 12.8 Å². The van der Waals surface area contributed by atoms with Gasteiger partial charge in [-0.25, -0.2) is 0 Å². The van der Waals surface area contributed by atoms with E-state index in [1.165, 1.54) is 14.2 Å². The first-order chi connectivity index (χ1) is 20.4. The molecule has 14 heteroatoms. The fourth-order valence-corrected chi connectivity index (χ4v) is 6.75. The Hall–Kier alpha value is -2.94. The lowest BCUT2D eigenvalue weighted by atomic mass is 10.1. The quantitative estimate of drug-likeness (QED) is 0.0546. The molecule has 4 N–H and O–H groups in total. The fourth-order valence-electron chi connectivity index (χ4n) is 4.22. The number of nitrogens with zero attached hydrogens (tertiary/aromatic N) is 2. The molecule has 2 heterocycles. The van der Waals surface area contributed by atoms with Crippen molar-refractivity contribution in [2.24, 2.45) is 10.3 Å². The lowest BCUT2D eigenvalue weighted by Gasteiger charge is -2.08. The van der Waals surface area contributed by atoms with Crippen LogP contribution in [0, 0.1) is 0 Å². The van der Waals surface area contributed by atoms with E-state index < -0.39 is 0 Å². The van der Waals surface area contributed by atoms with E-state index in [9.17, 15) is 9.59 Å². The van der Waals surface area contributed by atoms with Gasteiger partial charge in [-0.1, -0.05) is 63.8 Å². The monoisotopic (exact) mass is 736 g/mol. The van der Waals surface area contributed by atoms with E-state index in [1.54, 1.807) is 21.6 Å². The Kier molecular flexibility index (Phi) is 12.2. The summed E-state index contributed by atoms with van der Waals surface area (Å²) in [7, 11) is 6.08. The first-order valence-electron chi connectivity index (χ1n) is 12.9. The maximum atomic E-state index is 12.8. The number of carbonyl (C=O) groups excluding carboxylic acids is 2. The zero-order valence-corrected chi connectivity index (χ0v) is 27.8. The number of nitrogens with one attached hydrogen (secondary N) is 4. The van der Waals surface area contributed by atoms with Crippen LogP contribution < -0.4 is 10.6 Å². The molecule has 0 bridgehead atoms. The van der Waals surface area contributed by atoms with Crippen molar-refractivity contribution in [1.82, 2.24) is 20.6 Å². The standard InChI is InChI=1S/C28H30Br2N6O4S2/c1-39-35-25(11-17-15-33-23-5-3-19(29)13-21(17)23)27(37)31-7-9-41-42-10-8-32-28(38)26(36-40-2)12-18-16-34-24-6-4-20(30)14-22(18)24/h3-6,13-16,33-34H,7-12H2,1-2H3,(H,31,37)(H,32,38)/b35-25+,36-26+. The largest absolute Gasteiger partial charge is 0.399 e. The van der Waals surface area contributed by atoms with Crippen molar-refractivity contribution in [1.29, 1.82) is 0 Å². The van der Waals surface area contributed by atoms with Gasteiger partial charge in [-0.15, -0.1) is 0 Å². The van der Waals surface area contributed by atoms with Gasteiger partial charge in [0, 0.05) is 80.6 Å². The molecule has 0 saturated heterocycles. The molecule has 2 amide bonds. The average molecular weight is 739 g/mol. The first kappa shape index (κ1) is 32.0. The highest BCUT2D eigenvalue weighted by Gasteiger charge is 2.17. The van der Waals surface area contributed by atoms with Crippen LogP contribution in [-0.2, 0) is 32.1 Å². The maximum Gasteiger partial charge on any atom is 0.269 e. The molecular weight excluding hydrogens is 708 g/mol. The highest BCUT2D eigenvalue weighted by molar-refractivity contribution is 9.10. The van der Waals surface area contributed by atoms with Gasteiger partial charge in [-0.3, -0.25) is 9.59 Å². The van der Waals surface area contributed by atoms with Gasteiger partial charge in [0.05, 0.1) is 0 Å². The highest BCUT2D eigenvalue weighted by atomic mass is 79.9. The van der Waals surface area contributed by atoms with Gasteiger partial charge in [0.2, 0.25) is 0 Å². The molecule has 0 radical (unpaired) electrons. The number of fused-ring (bicyclic) bond motifs is 2. The van der Waals surface area contributed by atoms with Crippen LogP contribution >= 0.6 is 53.4 Å². The molecule has 0 saturated carbocycles. The summed E-state index contributed by atoms with van der Waals surface area (Å²) < 4.78 is 1.92. The second kappa shape index (κ2) is 16.1. The van der Waals surface area contributed by atoms with Crippen LogP contribution in [0.3, 0.4) is 0 Å². The summed E-state index contributed by atoms with van der Waals surface area (Å²) in [6.45, 7) is 0.937. The van der Waals surface area contributed by atoms with Gasteiger partial charge in [0.1, 0.15) is 25.6 Å². The molecule has 0 spiro atoms. The lowest BCUT2D eigenvalue weighted by molar-refractivity contribution is -0.115. The third-order valence-corrected chi connectivity index (χ3v) is 9.52. The number of aromatic amines is 2. The van der Waals surface area contributed by atoms with Crippen molar-refractivity contribution in [3.63, 3.8) is 0 Å². The van der Waals surface area contributed by atoms with E-state index >= 15 is 0 Å². The Bertz CT molecular complexity index is 1490. The van der Waals surface area contributed by atoms with E-state index in [0.717, 1.165) is 41.9 Å². The minimum atomic E-state index is -0.272. The molecule has 0 aliphatic rings. The maximum absolute atomic E-state index is 12.8. The van der Waals surface area contributed by atoms with Crippen LogP contribution in [0.2, 0.25) is 0 Å². The van der Waals surface area contributed by atoms with Crippen molar-refractivity contribution >= 4 is 98.5 Å². The molecule has 222 valence electrons. The number of hydrogen-bond acceptors (Lipinski definition) is 8. The van der Waals surface area contributed by atoms with Gasteiger partial charge < -0.3 is 30.3 Å². The summed E-state index contributed by atoms with van der Waals surface area (Å²) in [6.07, 6.45) is 4.44. The molecule has 2 aromatic heterocycles. The molecule has 0 aliphatic heterocycles. The second-order valence-electron chi connectivity index (χ2n) is 8.96. The van der Waals surface area contributed by atoms with Crippen molar-refractivity contribution in [2.75, 3.05) is 38.8 Å². The summed E-state index contributed by atoms with van der Waals surface area (Å²) in [6, 6.07) is 11.9. The van der Waals surface area contributed by atoms with E-state index in [-0.39, 0.29) is 11.8 Å². The lowest BCUT2D eigenvalue weighted by Crippen LogP contribution is -2.34. The Morgan fingerprint density at radius 1 is 0.762 bits per heavy atom. The van der Waals surface area contributed by atoms with Gasteiger partial charge in [0.25, 0.3) is 11.8 Å². The molecule has 10 nitrogen and oxygen atoms in total.